The van der Waals surface area contributed by atoms with Crippen molar-refractivity contribution < 1.29 is 4.79 Å². The summed E-state index contributed by atoms with van der Waals surface area (Å²) in [6.07, 6.45) is 5.83. The molecular weight excluding hydrogens is 230 g/mol. The predicted octanol–water partition coefficient (Wildman–Crippen LogP) is 0.858. The van der Waals surface area contributed by atoms with Crippen LogP contribution in [0.15, 0.2) is 17.2 Å². The summed E-state index contributed by atoms with van der Waals surface area (Å²) in [5, 5.41) is 2.89. The van der Waals surface area contributed by atoms with Crippen LogP contribution in [-0.4, -0.2) is 22.0 Å². The van der Waals surface area contributed by atoms with Crippen LogP contribution in [0.2, 0.25) is 0 Å². The van der Waals surface area contributed by atoms with Gasteiger partial charge in [0.05, 0.1) is 6.33 Å². The first-order valence-electron chi connectivity index (χ1n) is 6.47. The van der Waals surface area contributed by atoms with Gasteiger partial charge in [0.15, 0.2) is 0 Å². The standard InChI is InChI=1S/C13H19N3O2/c1-10-8-12(17)16(9-15-10)7-6-14-13(18)11-4-2-3-5-11/h8-9,11H,2-7H2,1H3,(H,14,18). The van der Waals surface area contributed by atoms with Crippen LogP contribution in [0.1, 0.15) is 31.4 Å². The van der Waals surface area contributed by atoms with Gasteiger partial charge in [-0.2, -0.15) is 0 Å². The molecule has 1 saturated carbocycles. The normalized spacial score (nSPS) is 15.8. The second-order valence-corrected chi connectivity index (χ2v) is 4.83. The van der Waals surface area contributed by atoms with Crippen molar-refractivity contribution in [3.63, 3.8) is 0 Å². The van der Waals surface area contributed by atoms with Gasteiger partial charge in [0.25, 0.3) is 5.56 Å². The molecule has 0 unspecified atom stereocenters. The predicted molar refractivity (Wildman–Crippen MR) is 68.2 cm³/mol. The van der Waals surface area contributed by atoms with Crippen LogP contribution >= 0.6 is 0 Å². The molecule has 1 amide bonds. The number of amides is 1. The van der Waals surface area contributed by atoms with E-state index in [1.54, 1.807) is 6.92 Å². The second-order valence-electron chi connectivity index (χ2n) is 4.83. The topological polar surface area (TPSA) is 64.0 Å². The fraction of sp³-hybridized carbons (Fsp3) is 0.615. The molecule has 0 atom stereocenters. The summed E-state index contributed by atoms with van der Waals surface area (Å²) >= 11 is 0. The Kier molecular flexibility index (Phi) is 4.12. The maximum atomic E-state index is 11.8. The van der Waals surface area contributed by atoms with E-state index in [1.165, 1.54) is 17.0 Å². The van der Waals surface area contributed by atoms with Crippen LogP contribution in [0, 0.1) is 12.8 Å². The number of rotatable bonds is 4. The highest BCUT2D eigenvalue weighted by Gasteiger charge is 2.21. The van der Waals surface area contributed by atoms with E-state index in [4.69, 9.17) is 0 Å². The average Bonchev–Trinajstić information content (AvgIpc) is 2.85. The maximum Gasteiger partial charge on any atom is 0.253 e. The molecule has 18 heavy (non-hydrogen) atoms. The van der Waals surface area contributed by atoms with Crippen molar-refractivity contribution in [1.29, 1.82) is 0 Å². The molecule has 1 aromatic heterocycles. The Hall–Kier alpha value is -1.65. The van der Waals surface area contributed by atoms with Gasteiger partial charge in [-0.15, -0.1) is 0 Å². The van der Waals surface area contributed by atoms with E-state index in [0.717, 1.165) is 25.7 Å². The number of hydrogen-bond donors (Lipinski definition) is 1. The van der Waals surface area contributed by atoms with Gasteiger partial charge < -0.3 is 5.32 Å². The number of nitrogens with zero attached hydrogens (tertiary/aromatic N) is 2. The molecule has 1 aromatic rings. The lowest BCUT2D eigenvalue weighted by Crippen LogP contribution is -2.34. The molecule has 1 heterocycles. The Morgan fingerprint density at radius 2 is 2.22 bits per heavy atom. The lowest BCUT2D eigenvalue weighted by atomic mass is 10.1. The van der Waals surface area contributed by atoms with Crippen LogP contribution in [0.3, 0.4) is 0 Å². The summed E-state index contributed by atoms with van der Waals surface area (Å²) in [7, 11) is 0. The van der Waals surface area contributed by atoms with Crippen molar-refractivity contribution in [3.8, 4) is 0 Å². The van der Waals surface area contributed by atoms with Crippen LogP contribution in [0.4, 0.5) is 0 Å². The quantitative estimate of drug-likeness (QED) is 0.860. The highest BCUT2D eigenvalue weighted by Crippen LogP contribution is 2.24. The first-order chi connectivity index (χ1) is 8.66. The van der Waals surface area contributed by atoms with Gasteiger partial charge in [0.1, 0.15) is 0 Å². The summed E-state index contributed by atoms with van der Waals surface area (Å²) in [5.41, 5.74) is 0.642. The van der Waals surface area contributed by atoms with E-state index in [0.29, 0.717) is 18.8 Å². The smallest absolute Gasteiger partial charge is 0.253 e. The molecule has 98 valence electrons. The molecule has 0 radical (unpaired) electrons. The summed E-state index contributed by atoms with van der Waals surface area (Å²) in [6.45, 7) is 2.75. The molecule has 1 aliphatic rings. The zero-order valence-corrected chi connectivity index (χ0v) is 10.7. The highest BCUT2D eigenvalue weighted by atomic mass is 16.2. The number of nitrogens with one attached hydrogen (secondary N) is 1. The lowest BCUT2D eigenvalue weighted by molar-refractivity contribution is -0.124. The SMILES string of the molecule is Cc1cc(=O)n(CCNC(=O)C2CCCC2)cn1. The van der Waals surface area contributed by atoms with Crippen molar-refractivity contribution in [2.75, 3.05) is 6.54 Å². The van der Waals surface area contributed by atoms with E-state index in [9.17, 15) is 9.59 Å². The summed E-state index contributed by atoms with van der Waals surface area (Å²) in [6, 6.07) is 1.50. The first kappa shape index (κ1) is 12.8. The fourth-order valence-corrected chi connectivity index (χ4v) is 2.32. The van der Waals surface area contributed by atoms with Gasteiger partial charge in [-0.25, -0.2) is 4.98 Å². The average molecular weight is 249 g/mol. The second kappa shape index (κ2) is 5.80. The third kappa shape index (κ3) is 3.18. The number of carbonyl (C=O) groups is 1. The number of carbonyl (C=O) groups excluding carboxylic acids is 1. The van der Waals surface area contributed by atoms with E-state index in [2.05, 4.69) is 10.3 Å². The Morgan fingerprint density at radius 3 is 2.89 bits per heavy atom. The lowest BCUT2D eigenvalue weighted by Gasteiger charge is -2.11. The minimum Gasteiger partial charge on any atom is -0.354 e. The molecule has 1 N–H and O–H groups in total. The van der Waals surface area contributed by atoms with E-state index in [1.807, 2.05) is 0 Å². The zero-order valence-electron chi connectivity index (χ0n) is 10.7. The fourth-order valence-electron chi connectivity index (χ4n) is 2.32. The van der Waals surface area contributed by atoms with Gasteiger partial charge in [-0.3, -0.25) is 14.2 Å². The van der Waals surface area contributed by atoms with E-state index < -0.39 is 0 Å². The van der Waals surface area contributed by atoms with Gasteiger partial charge in [0.2, 0.25) is 5.91 Å². The third-order valence-electron chi connectivity index (χ3n) is 3.39. The Balaban J connectivity index is 1.81. The van der Waals surface area contributed by atoms with Crippen LogP contribution < -0.4 is 10.9 Å². The Bertz CT molecular complexity index is 475. The molecule has 0 bridgehead atoms. The third-order valence-corrected chi connectivity index (χ3v) is 3.39. The molecule has 1 aliphatic carbocycles. The first-order valence-corrected chi connectivity index (χ1v) is 6.47. The summed E-state index contributed by atoms with van der Waals surface area (Å²) in [4.78, 5) is 27.4. The van der Waals surface area contributed by atoms with Gasteiger partial charge in [0, 0.05) is 30.8 Å². The molecule has 5 heteroatoms. The summed E-state index contributed by atoms with van der Waals surface area (Å²) in [5.74, 6) is 0.304. The number of aromatic nitrogens is 2. The number of aryl methyl sites for hydroxylation is 1. The van der Waals surface area contributed by atoms with E-state index in [-0.39, 0.29) is 17.4 Å². The molecule has 0 spiro atoms. The summed E-state index contributed by atoms with van der Waals surface area (Å²) < 4.78 is 1.52. The largest absolute Gasteiger partial charge is 0.354 e. The van der Waals surface area contributed by atoms with Crippen LogP contribution in [-0.2, 0) is 11.3 Å². The Labute approximate surface area is 106 Å². The molecule has 2 rings (SSSR count). The zero-order chi connectivity index (χ0) is 13.0. The van der Waals surface area contributed by atoms with Crippen molar-refractivity contribution in [3.05, 3.63) is 28.4 Å². The molecule has 5 nitrogen and oxygen atoms in total. The number of hydrogen-bond acceptors (Lipinski definition) is 3. The Morgan fingerprint density at radius 1 is 1.50 bits per heavy atom. The van der Waals surface area contributed by atoms with Gasteiger partial charge in [-0.1, -0.05) is 12.8 Å². The molecule has 0 aliphatic heterocycles. The molecular formula is C13H19N3O2. The molecule has 0 saturated heterocycles. The van der Waals surface area contributed by atoms with Gasteiger partial charge >= 0.3 is 0 Å². The monoisotopic (exact) mass is 249 g/mol. The van der Waals surface area contributed by atoms with Crippen LogP contribution in [0.5, 0.6) is 0 Å². The van der Waals surface area contributed by atoms with Crippen molar-refractivity contribution in [1.82, 2.24) is 14.9 Å². The van der Waals surface area contributed by atoms with Crippen molar-refractivity contribution in [2.24, 2.45) is 5.92 Å². The molecule has 0 aromatic carbocycles. The minimum atomic E-state index is -0.0717. The maximum absolute atomic E-state index is 11.8. The van der Waals surface area contributed by atoms with Gasteiger partial charge in [-0.05, 0) is 19.8 Å². The van der Waals surface area contributed by atoms with E-state index >= 15 is 0 Å². The van der Waals surface area contributed by atoms with Crippen molar-refractivity contribution in [2.45, 2.75) is 39.2 Å². The molecule has 1 fully saturated rings. The van der Waals surface area contributed by atoms with Crippen molar-refractivity contribution >= 4 is 5.91 Å². The highest BCUT2D eigenvalue weighted by molar-refractivity contribution is 5.78. The minimum absolute atomic E-state index is 0.0717. The van der Waals surface area contributed by atoms with Crippen LogP contribution in [0.25, 0.3) is 0 Å².